The topological polar surface area (TPSA) is 38.3 Å². The summed E-state index contributed by atoms with van der Waals surface area (Å²) in [5, 5.41) is 0. The summed E-state index contributed by atoms with van der Waals surface area (Å²) >= 11 is 3.40. The van der Waals surface area contributed by atoms with Crippen molar-refractivity contribution in [1.29, 1.82) is 0 Å². The van der Waals surface area contributed by atoms with Crippen LogP contribution in [0.3, 0.4) is 0 Å². The minimum Gasteiger partial charge on any atom is -0.497 e. The summed E-state index contributed by atoms with van der Waals surface area (Å²) in [6.45, 7) is 2.21. The summed E-state index contributed by atoms with van der Waals surface area (Å²) in [5.41, 5.74) is 5.66. The third kappa shape index (κ3) is 8.49. The molecule has 0 aliphatic heterocycles. The van der Waals surface area contributed by atoms with E-state index in [-0.39, 0.29) is 5.91 Å². The molecule has 1 N–H and O–H groups in total. The Morgan fingerprint density at radius 3 is 1.94 bits per heavy atom. The van der Waals surface area contributed by atoms with Crippen LogP contribution in [0.4, 0.5) is 0 Å². The van der Waals surface area contributed by atoms with E-state index in [1.807, 2.05) is 36.0 Å². The molecule has 0 aliphatic carbocycles. The van der Waals surface area contributed by atoms with Gasteiger partial charge in [-0.15, -0.1) is 0 Å². The number of ether oxygens (including phenoxy) is 1. The lowest BCUT2D eigenvalue weighted by Crippen LogP contribution is -2.16. The fourth-order valence-corrected chi connectivity index (χ4v) is 5.05. The summed E-state index contributed by atoms with van der Waals surface area (Å²) < 4.78 is 8.18. The zero-order valence-electron chi connectivity index (χ0n) is 19.5. The summed E-state index contributed by atoms with van der Waals surface area (Å²) in [6, 6.07) is 24.8. The first kappa shape index (κ1) is 25.3. The van der Waals surface area contributed by atoms with Crippen LogP contribution >= 0.6 is 23.7 Å². The molecule has 174 valence electrons. The number of unbranched alkanes of at least 4 members (excludes halogenated alkanes) is 3. The van der Waals surface area contributed by atoms with Gasteiger partial charge in [-0.2, -0.15) is 11.8 Å². The van der Waals surface area contributed by atoms with Gasteiger partial charge in [-0.3, -0.25) is 9.52 Å². The van der Waals surface area contributed by atoms with E-state index in [9.17, 15) is 4.79 Å². The molecule has 0 aromatic heterocycles. The number of carbonyl (C=O) groups is 1. The summed E-state index contributed by atoms with van der Waals surface area (Å²) in [6.07, 6.45) is 4.89. The van der Waals surface area contributed by atoms with Crippen LogP contribution in [0, 0.1) is 0 Å². The second kappa shape index (κ2) is 14.0. The molecular weight excluding hydrogens is 446 g/mol. The molecule has 0 atom stereocenters. The van der Waals surface area contributed by atoms with Gasteiger partial charge in [0.25, 0.3) is 5.91 Å². The van der Waals surface area contributed by atoms with Crippen molar-refractivity contribution in [2.75, 3.05) is 12.9 Å². The maximum atomic E-state index is 12.3. The molecule has 3 aromatic carbocycles. The molecule has 3 nitrogen and oxygen atoms in total. The number of methoxy groups -OCH3 is 1. The zero-order valence-corrected chi connectivity index (χ0v) is 21.1. The molecule has 0 heterocycles. The van der Waals surface area contributed by atoms with E-state index in [0.29, 0.717) is 0 Å². The molecule has 0 bridgehead atoms. The van der Waals surface area contributed by atoms with Crippen LogP contribution in [-0.2, 0) is 11.5 Å². The Labute approximate surface area is 206 Å². The van der Waals surface area contributed by atoms with Crippen molar-refractivity contribution in [3.8, 4) is 16.9 Å². The Balaban J connectivity index is 1.40. The first-order valence-corrected chi connectivity index (χ1v) is 13.7. The van der Waals surface area contributed by atoms with Gasteiger partial charge in [-0.05, 0) is 52.9 Å². The van der Waals surface area contributed by atoms with Gasteiger partial charge in [0.05, 0.1) is 7.11 Å². The van der Waals surface area contributed by atoms with Crippen molar-refractivity contribution >= 4 is 29.6 Å². The van der Waals surface area contributed by atoms with Gasteiger partial charge < -0.3 is 4.74 Å². The highest BCUT2D eigenvalue weighted by atomic mass is 32.2. The molecule has 0 saturated carbocycles. The highest BCUT2D eigenvalue weighted by molar-refractivity contribution is 7.98. The molecule has 0 unspecified atom stereocenters. The van der Waals surface area contributed by atoms with E-state index in [4.69, 9.17) is 4.74 Å². The fraction of sp³-hybridized carbons (Fsp3) is 0.321. The summed E-state index contributed by atoms with van der Waals surface area (Å²) in [4.78, 5) is 12.3. The summed E-state index contributed by atoms with van der Waals surface area (Å²) in [5.74, 6) is 3.72. The molecular formula is C28H33NO2S2. The number of carbonyl (C=O) groups excluding carboxylic acids is 1. The Morgan fingerprint density at radius 2 is 1.36 bits per heavy atom. The van der Waals surface area contributed by atoms with Crippen molar-refractivity contribution in [3.05, 3.63) is 89.5 Å². The van der Waals surface area contributed by atoms with Gasteiger partial charge in [0, 0.05) is 22.8 Å². The smallest absolute Gasteiger partial charge is 0.261 e. The molecule has 5 heteroatoms. The summed E-state index contributed by atoms with van der Waals surface area (Å²) in [7, 11) is 1.68. The van der Waals surface area contributed by atoms with Crippen LogP contribution in [0.15, 0.2) is 72.8 Å². The van der Waals surface area contributed by atoms with Crippen molar-refractivity contribution in [1.82, 2.24) is 4.72 Å². The predicted octanol–water partition coefficient (Wildman–Crippen LogP) is 7.75. The standard InChI is InChI=1S/C28H33NO2S2/c1-3-4-5-6-19-33-29-28(30)26-13-9-23(10-14-26)21-32-20-22-7-11-24(12-8-22)25-15-17-27(31-2)18-16-25/h7-18H,3-6,19-21H2,1-2H3,(H,29,30). The van der Waals surface area contributed by atoms with Gasteiger partial charge in [-0.1, -0.05) is 86.7 Å². The predicted molar refractivity (Wildman–Crippen MR) is 144 cm³/mol. The SMILES string of the molecule is CCCCCCSNC(=O)c1ccc(CSCc2ccc(-c3ccc(OC)cc3)cc2)cc1. The number of nitrogens with one attached hydrogen (secondary N) is 1. The lowest BCUT2D eigenvalue weighted by Gasteiger charge is -2.07. The van der Waals surface area contributed by atoms with Gasteiger partial charge in [-0.25, -0.2) is 0 Å². The first-order valence-electron chi connectivity index (χ1n) is 11.5. The van der Waals surface area contributed by atoms with Crippen LogP contribution in [-0.4, -0.2) is 18.8 Å². The van der Waals surface area contributed by atoms with Crippen molar-refractivity contribution in [3.63, 3.8) is 0 Å². The minimum atomic E-state index is -0.00774. The van der Waals surface area contributed by atoms with Gasteiger partial charge in [0.1, 0.15) is 5.75 Å². The maximum absolute atomic E-state index is 12.3. The zero-order chi connectivity index (χ0) is 23.3. The highest BCUT2D eigenvalue weighted by Crippen LogP contribution is 2.24. The van der Waals surface area contributed by atoms with Crippen LogP contribution in [0.1, 0.15) is 54.1 Å². The second-order valence-electron chi connectivity index (χ2n) is 7.96. The van der Waals surface area contributed by atoms with Crippen molar-refractivity contribution < 1.29 is 9.53 Å². The number of amides is 1. The average Bonchev–Trinajstić information content (AvgIpc) is 2.87. The van der Waals surface area contributed by atoms with E-state index in [0.717, 1.165) is 35.0 Å². The fourth-order valence-electron chi connectivity index (χ4n) is 3.39. The van der Waals surface area contributed by atoms with Crippen LogP contribution in [0.5, 0.6) is 5.75 Å². The molecule has 3 aromatic rings. The molecule has 0 saturated heterocycles. The molecule has 0 radical (unpaired) electrons. The quantitative estimate of drug-likeness (QED) is 0.201. The third-order valence-corrected chi connectivity index (χ3v) is 7.29. The number of rotatable bonds is 13. The second-order valence-corrected chi connectivity index (χ2v) is 9.84. The largest absolute Gasteiger partial charge is 0.497 e. The van der Waals surface area contributed by atoms with Crippen molar-refractivity contribution in [2.45, 2.75) is 44.1 Å². The van der Waals surface area contributed by atoms with E-state index in [1.54, 1.807) is 7.11 Å². The van der Waals surface area contributed by atoms with Crippen LogP contribution in [0.25, 0.3) is 11.1 Å². The Hall–Kier alpha value is -2.37. The van der Waals surface area contributed by atoms with Crippen LogP contribution in [0.2, 0.25) is 0 Å². The monoisotopic (exact) mass is 479 g/mol. The van der Waals surface area contributed by atoms with Crippen LogP contribution < -0.4 is 9.46 Å². The first-order chi connectivity index (χ1) is 16.2. The van der Waals surface area contributed by atoms with E-state index in [2.05, 4.69) is 60.2 Å². The van der Waals surface area contributed by atoms with E-state index < -0.39 is 0 Å². The number of hydrogen-bond acceptors (Lipinski definition) is 4. The number of benzene rings is 3. The molecule has 1 amide bonds. The number of hydrogen-bond donors (Lipinski definition) is 1. The lowest BCUT2D eigenvalue weighted by atomic mass is 10.0. The Kier molecular flexibility index (Phi) is 10.7. The Bertz CT molecular complexity index is 970. The molecule has 0 aliphatic rings. The molecule has 0 spiro atoms. The number of thioether (sulfide) groups is 1. The molecule has 3 rings (SSSR count). The lowest BCUT2D eigenvalue weighted by molar-refractivity contribution is 0.0984. The van der Waals surface area contributed by atoms with Crippen molar-refractivity contribution in [2.24, 2.45) is 0 Å². The van der Waals surface area contributed by atoms with Gasteiger partial charge >= 0.3 is 0 Å². The van der Waals surface area contributed by atoms with E-state index in [1.165, 1.54) is 53.5 Å². The Morgan fingerprint density at radius 1 is 0.788 bits per heavy atom. The molecule has 33 heavy (non-hydrogen) atoms. The van der Waals surface area contributed by atoms with Gasteiger partial charge in [0.15, 0.2) is 0 Å². The highest BCUT2D eigenvalue weighted by Gasteiger charge is 2.06. The average molecular weight is 480 g/mol. The maximum Gasteiger partial charge on any atom is 0.261 e. The normalized spacial score (nSPS) is 10.7. The minimum absolute atomic E-state index is 0.00774. The molecule has 0 fully saturated rings. The third-order valence-electron chi connectivity index (χ3n) is 5.40. The van der Waals surface area contributed by atoms with Gasteiger partial charge in [0.2, 0.25) is 0 Å². The van der Waals surface area contributed by atoms with E-state index >= 15 is 0 Å².